The minimum absolute atomic E-state index is 0.146. The Hall–Kier alpha value is -2.06. The molecule has 1 heterocycles. The molecule has 1 atom stereocenters. The van der Waals surface area contributed by atoms with Gasteiger partial charge in [0.05, 0.1) is 11.3 Å². The van der Waals surface area contributed by atoms with Crippen molar-refractivity contribution in [3.8, 4) is 0 Å². The lowest BCUT2D eigenvalue weighted by Gasteiger charge is -2.17. The number of para-hydroxylation sites is 1. The summed E-state index contributed by atoms with van der Waals surface area (Å²) in [6, 6.07) is 5.95. The molecule has 0 aliphatic carbocycles. The van der Waals surface area contributed by atoms with Gasteiger partial charge in [-0.05, 0) is 34.5 Å². The molecule has 0 aliphatic rings. The summed E-state index contributed by atoms with van der Waals surface area (Å²) in [6.45, 7) is 0.146. The van der Waals surface area contributed by atoms with E-state index >= 15 is 0 Å². The number of halogens is 3. The van der Waals surface area contributed by atoms with Gasteiger partial charge >= 0.3 is 12.2 Å². The van der Waals surface area contributed by atoms with E-state index in [1.807, 2.05) is 16.8 Å². The number of hydrogen-bond acceptors (Lipinski definition) is 3. The maximum Gasteiger partial charge on any atom is 0.418 e. The first-order valence-corrected chi connectivity index (χ1v) is 7.62. The number of carbonyl (C=O) groups excluding carboxylic acids is 1. The Morgan fingerprint density at radius 1 is 1.30 bits per heavy atom. The molecule has 0 saturated carbocycles. The van der Waals surface area contributed by atoms with Gasteiger partial charge in [0.1, 0.15) is 6.10 Å². The average molecular weight is 344 g/mol. The zero-order valence-electron chi connectivity index (χ0n) is 12.2. The van der Waals surface area contributed by atoms with E-state index in [0.717, 1.165) is 11.6 Å². The number of methoxy groups -OCH3 is 1. The number of nitrogens with one attached hydrogen (secondary N) is 2. The molecule has 23 heavy (non-hydrogen) atoms. The van der Waals surface area contributed by atoms with Gasteiger partial charge in [0.25, 0.3) is 0 Å². The van der Waals surface area contributed by atoms with E-state index < -0.39 is 17.8 Å². The van der Waals surface area contributed by atoms with Crippen LogP contribution in [-0.4, -0.2) is 19.7 Å². The topological polar surface area (TPSA) is 50.4 Å². The molecule has 0 spiro atoms. The van der Waals surface area contributed by atoms with Crippen molar-refractivity contribution in [2.24, 2.45) is 0 Å². The third-order valence-corrected chi connectivity index (χ3v) is 3.83. The molecule has 0 aliphatic heterocycles. The number of amides is 2. The molecule has 2 N–H and O–H groups in total. The number of urea groups is 1. The van der Waals surface area contributed by atoms with E-state index in [-0.39, 0.29) is 18.3 Å². The zero-order chi connectivity index (χ0) is 16.9. The Kier molecular flexibility index (Phi) is 5.62. The van der Waals surface area contributed by atoms with Crippen molar-refractivity contribution in [1.82, 2.24) is 5.32 Å². The fourth-order valence-electron chi connectivity index (χ4n) is 1.99. The van der Waals surface area contributed by atoms with Crippen LogP contribution in [0.25, 0.3) is 0 Å². The summed E-state index contributed by atoms with van der Waals surface area (Å²) in [5.74, 6) is 0. The molecule has 1 aromatic heterocycles. The third-order valence-electron chi connectivity index (χ3n) is 3.13. The standard InChI is InChI=1S/C15H15F3N2O2S/c1-22-13(10-6-7-23-9-10)8-19-14(21)20-12-5-3-2-4-11(12)15(16,17)18/h2-7,9,13H,8H2,1H3,(H2,19,20,21)/t13-/m1/s1. The van der Waals surface area contributed by atoms with E-state index in [1.54, 1.807) is 0 Å². The molecule has 2 amide bonds. The molecular formula is C15H15F3N2O2S. The first kappa shape index (κ1) is 17.3. The normalized spacial score (nSPS) is 12.7. The number of benzene rings is 1. The minimum atomic E-state index is -4.53. The van der Waals surface area contributed by atoms with E-state index in [0.29, 0.717) is 0 Å². The molecule has 1 aromatic carbocycles. The molecule has 8 heteroatoms. The van der Waals surface area contributed by atoms with Crippen molar-refractivity contribution >= 4 is 23.1 Å². The van der Waals surface area contributed by atoms with Crippen molar-refractivity contribution < 1.29 is 22.7 Å². The van der Waals surface area contributed by atoms with Crippen molar-refractivity contribution in [2.75, 3.05) is 19.0 Å². The summed E-state index contributed by atoms with van der Waals surface area (Å²) < 4.78 is 43.8. The van der Waals surface area contributed by atoms with E-state index in [4.69, 9.17) is 4.74 Å². The predicted molar refractivity (Wildman–Crippen MR) is 82.5 cm³/mol. The number of carbonyl (C=O) groups is 1. The fraction of sp³-hybridized carbons (Fsp3) is 0.267. The second kappa shape index (κ2) is 7.47. The summed E-state index contributed by atoms with van der Waals surface area (Å²) in [7, 11) is 1.50. The van der Waals surface area contributed by atoms with Crippen LogP contribution in [0.5, 0.6) is 0 Å². The predicted octanol–water partition coefficient (Wildman–Crippen LogP) is 4.28. The fourth-order valence-corrected chi connectivity index (χ4v) is 2.69. The van der Waals surface area contributed by atoms with Crippen LogP contribution in [0.1, 0.15) is 17.2 Å². The van der Waals surface area contributed by atoms with Crippen molar-refractivity contribution in [3.63, 3.8) is 0 Å². The van der Waals surface area contributed by atoms with Crippen LogP contribution in [-0.2, 0) is 10.9 Å². The molecule has 0 radical (unpaired) electrons. The Morgan fingerprint density at radius 2 is 2.04 bits per heavy atom. The van der Waals surface area contributed by atoms with Gasteiger partial charge in [-0.1, -0.05) is 12.1 Å². The summed E-state index contributed by atoms with van der Waals surface area (Å²) in [5.41, 5.74) is -0.285. The van der Waals surface area contributed by atoms with Crippen LogP contribution in [0.15, 0.2) is 41.1 Å². The van der Waals surface area contributed by atoms with Gasteiger partial charge in [-0.2, -0.15) is 24.5 Å². The van der Waals surface area contributed by atoms with Crippen LogP contribution in [0, 0.1) is 0 Å². The molecular weight excluding hydrogens is 329 g/mol. The van der Waals surface area contributed by atoms with Crippen LogP contribution >= 0.6 is 11.3 Å². The minimum Gasteiger partial charge on any atom is -0.375 e. The van der Waals surface area contributed by atoms with Crippen LogP contribution < -0.4 is 10.6 Å². The number of thiophene rings is 1. The second-order valence-corrected chi connectivity index (χ2v) is 5.44. The number of rotatable bonds is 5. The maximum absolute atomic E-state index is 12.9. The molecule has 0 unspecified atom stereocenters. The first-order valence-electron chi connectivity index (χ1n) is 6.67. The van der Waals surface area contributed by atoms with Gasteiger partial charge in [0.2, 0.25) is 0 Å². The number of hydrogen-bond donors (Lipinski definition) is 2. The smallest absolute Gasteiger partial charge is 0.375 e. The molecule has 0 saturated heterocycles. The van der Waals surface area contributed by atoms with Crippen molar-refractivity contribution in [3.05, 3.63) is 52.2 Å². The van der Waals surface area contributed by atoms with Crippen LogP contribution in [0.3, 0.4) is 0 Å². The van der Waals surface area contributed by atoms with Crippen molar-refractivity contribution in [2.45, 2.75) is 12.3 Å². The lowest BCUT2D eigenvalue weighted by Crippen LogP contribution is -2.33. The highest BCUT2D eigenvalue weighted by molar-refractivity contribution is 7.07. The highest BCUT2D eigenvalue weighted by Gasteiger charge is 2.33. The van der Waals surface area contributed by atoms with E-state index in [1.165, 1.54) is 36.6 Å². The summed E-state index contributed by atoms with van der Waals surface area (Å²) in [6.07, 6.45) is -4.89. The average Bonchev–Trinajstić information content (AvgIpc) is 3.01. The quantitative estimate of drug-likeness (QED) is 0.851. The summed E-state index contributed by atoms with van der Waals surface area (Å²) in [4.78, 5) is 11.8. The van der Waals surface area contributed by atoms with Gasteiger partial charge < -0.3 is 15.4 Å². The molecule has 124 valence electrons. The van der Waals surface area contributed by atoms with Gasteiger partial charge in [0, 0.05) is 13.7 Å². The monoisotopic (exact) mass is 344 g/mol. The largest absolute Gasteiger partial charge is 0.418 e. The van der Waals surface area contributed by atoms with Gasteiger partial charge in [0.15, 0.2) is 0 Å². The summed E-state index contributed by atoms with van der Waals surface area (Å²) in [5, 5.41) is 8.49. The van der Waals surface area contributed by atoms with Crippen LogP contribution in [0.4, 0.5) is 23.7 Å². The molecule has 4 nitrogen and oxygen atoms in total. The van der Waals surface area contributed by atoms with Gasteiger partial charge in [-0.25, -0.2) is 4.79 Å². The SMILES string of the molecule is CO[C@H](CNC(=O)Nc1ccccc1C(F)(F)F)c1ccsc1. The summed E-state index contributed by atoms with van der Waals surface area (Å²) >= 11 is 1.49. The molecule has 0 bridgehead atoms. The number of anilines is 1. The van der Waals surface area contributed by atoms with Crippen LogP contribution in [0.2, 0.25) is 0 Å². The highest BCUT2D eigenvalue weighted by Crippen LogP contribution is 2.34. The molecule has 2 aromatic rings. The Balaban J connectivity index is 1.98. The third kappa shape index (κ3) is 4.70. The lowest BCUT2D eigenvalue weighted by molar-refractivity contribution is -0.136. The Bertz CT molecular complexity index is 644. The highest BCUT2D eigenvalue weighted by atomic mass is 32.1. The second-order valence-electron chi connectivity index (χ2n) is 4.66. The van der Waals surface area contributed by atoms with Gasteiger partial charge in [-0.15, -0.1) is 0 Å². The zero-order valence-corrected chi connectivity index (χ0v) is 13.0. The van der Waals surface area contributed by atoms with Gasteiger partial charge in [-0.3, -0.25) is 0 Å². The Labute approximate surface area is 135 Å². The first-order chi connectivity index (χ1) is 10.9. The Morgan fingerprint density at radius 3 is 2.65 bits per heavy atom. The number of ether oxygens (including phenoxy) is 1. The number of alkyl halides is 3. The lowest BCUT2D eigenvalue weighted by atomic mass is 10.1. The van der Waals surface area contributed by atoms with E-state index in [9.17, 15) is 18.0 Å². The maximum atomic E-state index is 12.9. The molecule has 2 rings (SSSR count). The van der Waals surface area contributed by atoms with E-state index in [2.05, 4.69) is 10.6 Å². The molecule has 0 fully saturated rings. The van der Waals surface area contributed by atoms with Crippen molar-refractivity contribution in [1.29, 1.82) is 0 Å².